The van der Waals surface area contributed by atoms with Crippen LogP contribution in [0.25, 0.3) is 0 Å². The van der Waals surface area contributed by atoms with Gasteiger partial charge in [-0.15, -0.1) is 0 Å². The van der Waals surface area contributed by atoms with Crippen molar-refractivity contribution in [2.24, 2.45) is 0 Å². The molecule has 1 aliphatic heterocycles. The molecule has 0 saturated carbocycles. The molecule has 0 saturated heterocycles. The van der Waals surface area contributed by atoms with Crippen LogP contribution in [0.5, 0.6) is 11.5 Å². The number of ether oxygens (including phenoxy) is 2. The molecular formula is C18H29NO2. The number of unbranched alkanes of at least 4 members (excludes halogenated alkanes) is 2. The Morgan fingerprint density at radius 1 is 1.24 bits per heavy atom. The molecule has 3 nitrogen and oxygen atoms in total. The van der Waals surface area contributed by atoms with E-state index in [1.807, 2.05) is 12.1 Å². The molecule has 1 aliphatic rings. The third-order valence-corrected chi connectivity index (χ3v) is 4.16. The molecule has 2 unspecified atom stereocenters. The maximum atomic E-state index is 6.21. The molecule has 1 aromatic rings. The summed E-state index contributed by atoms with van der Waals surface area (Å²) in [6, 6.07) is 6.61. The Labute approximate surface area is 129 Å². The van der Waals surface area contributed by atoms with Crippen molar-refractivity contribution in [1.82, 2.24) is 5.32 Å². The lowest BCUT2D eigenvalue weighted by Gasteiger charge is -2.33. The van der Waals surface area contributed by atoms with Crippen LogP contribution in [0.3, 0.4) is 0 Å². The van der Waals surface area contributed by atoms with E-state index in [0.29, 0.717) is 12.1 Å². The van der Waals surface area contributed by atoms with Gasteiger partial charge >= 0.3 is 0 Å². The second kappa shape index (κ2) is 8.28. The largest absolute Gasteiger partial charge is 0.497 e. The lowest BCUT2D eigenvalue weighted by Crippen LogP contribution is -2.33. The van der Waals surface area contributed by atoms with E-state index < -0.39 is 0 Å². The van der Waals surface area contributed by atoms with E-state index in [4.69, 9.17) is 9.47 Å². The van der Waals surface area contributed by atoms with Crippen LogP contribution in [0.2, 0.25) is 0 Å². The van der Waals surface area contributed by atoms with Gasteiger partial charge in [0.25, 0.3) is 0 Å². The summed E-state index contributed by atoms with van der Waals surface area (Å²) in [7, 11) is 1.70. The third kappa shape index (κ3) is 4.37. The quantitative estimate of drug-likeness (QED) is 0.717. The Kier molecular flexibility index (Phi) is 6.37. The van der Waals surface area contributed by atoms with Gasteiger partial charge < -0.3 is 14.8 Å². The van der Waals surface area contributed by atoms with E-state index in [1.54, 1.807) is 7.11 Å². The maximum absolute atomic E-state index is 6.21. The molecule has 1 N–H and O–H groups in total. The highest BCUT2D eigenvalue weighted by Crippen LogP contribution is 2.38. The van der Waals surface area contributed by atoms with E-state index in [9.17, 15) is 0 Å². The molecule has 0 fully saturated rings. The Morgan fingerprint density at radius 3 is 2.81 bits per heavy atom. The Hall–Kier alpha value is -1.22. The summed E-state index contributed by atoms with van der Waals surface area (Å²) in [5.41, 5.74) is 1.27. The SMILES string of the molecule is CCCCCC1CC(NCCC)c2ccc(OC)cc2O1. The summed E-state index contributed by atoms with van der Waals surface area (Å²) in [5.74, 6) is 1.87. The molecule has 0 aliphatic carbocycles. The van der Waals surface area contributed by atoms with Crippen molar-refractivity contribution in [3.63, 3.8) is 0 Å². The minimum absolute atomic E-state index is 0.325. The maximum Gasteiger partial charge on any atom is 0.128 e. The molecule has 21 heavy (non-hydrogen) atoms. The van der Waals surface area contributed by atoms with E-state index in [1.165, 1.54) is 24.8 Å². The second-order valence-corrected chi connectivity index (χ2v) is 5.88. The molecule has 2 rings (SSSR count). The predicted molar refractivity (Wildman–Crippen MR) is 87.2 cm³/mol. The van der Waals surface area contributed by atoms with Crippen LogP contribution >= 0.6 is 0 Å². The Balaban J connectivity index is 2.10. The van der Waals surface area contributed by atoms with Gasteiger partial charge in [0.1, 0.15) is 17.6 Å². The van der Waals surface area contributed by atoms with Gasteiger partial charge in [0.15, 0.2) is 0 Å². The molecule has 0 aromatic heterocycles. The van der Waals surface area contributed by atoms with Gasteiger partial charge in [0, 0.05) is 24.1 Å². The topological polar surface area (TPSA) is 30.5 Å². The van der Waals surface area contributed by atoms with Crippen molar-refractivity contribution >= 4 is 0 Å². The summed E-state index contributed by atoms with van der Waals surface area (Å²) in [6.45, 7) is 5.51. The van der Waals surface area contributed by atoms with Crippen molar-refractivity contribution in [1.29, 1.82) is 0 Å². The Bertz CT molecular complexity index is 433. The monoisotopic (exact) mass is 291 g/mol. The van der Waals surface area contributed by atoms with Crippen LogP contribution in [0.1, 0.15) is 64.0 Å². The van der Waals surface area contributed by atoms with Gasteiger partial charge in [-0.05, 0) is 31.9 Å². The summed E-state index contributed by atoms with van der Waals surface area (Å²) >= 11 is 0. The number of fused-ring (bicyclic) bond motifs is 1. The van der Waals surface area contributed by atoms with Crippen molar-refractivity contribution in [2.75, 3.05) is 13.7 Å². The molecule has 3 heteroatoms. The molecule has 1 heterocycles. The molecule has 1 aromatic carbocycles. The molecule has 0 amide bonds. The summed E-state index contributed by atoms with van der Waals surface area (Å²) < 4.78 is 11.5. The number of nitrogens with one attached hydrogen (secondary N) is 1. The lowest BCUT2D eigenvalue weighted by atomic mass is 9.93. The molecular weight excluding hydrogens is 262 g/mol. The first-order chi connectivity index (χ1) is 10.3. The van der Waals surface area contributed by atoms with Gasteiger partial charge in [-0.25, -0.2) is 0 Å². The molecule has 118 valence electrons. The minimum Gasteiger partial charge on any atom is -0.497 e. The number of benzene rings is 1. The van der Waals surface area contributed by atoms with E-state index in [2.05, 4.69) is 25.2 Å². The van der Waals surface area contributed by atoms with Crippen LogP contribution in [-0.4, -0.2) is 19.8 Å². The Morgan fingerprint density at radius 2 is 2.10 bits per heavy atom. The zero-order valence-corrected chi connectivity index (χ0v) is 13.7. The normalized spacial score (nSPS) is 20.7. The van der Waals surface area contributed by atoms with Crippen LogP contribution in [0.4, 0.5) is 0 Å². The van der Waals surface area contributed by atoms with E-state index in [0.717, 1.165) is 37.3 Å². The minimum atomic E-state index is 0.325. The fraction of sp³-hybridized carbons (Fsp3) is 0.667. The molecule has 0 bridgehead atoms. The average Bonchev–Trinajstić information content (AvgIpc) is 2.52. The lowest BCUT2D eigenvalue weighted by molar-refractivity contribution is 0.137. The average molecular weight is 291 g/mol. The standard InChI is InChI=1S/C18H29NO2/c1-4-6-7-8-15-12-17(19-11-5-2)16-10-9-14(20-3)13-18(16)21-15/h9-10,13,15,17,19H,4-8,11-12H2,1-3H3. The van der Waals surface area contributed by atoms with E-state index >= 15 is 0 Å². The molecule has 2 atom stereocenters. The highest BCUT2D eigenvalue weighted by atomic mass is 16.5. The first-order valence-electron chi connectivity index (χ1n) is 8.36. The highest BCUT2D eigenvalue weighted by Gasteiger charge is 2.27. The van der Waals surface area contributed by atoms with E-state index in [-0.39, 0.29) is 0 Å². The van der Waals surface area contributed by atoms with Crippen molar-refractivity contribution in [2.45, 2.75) is 64.5 Å². The first kappa shape index (κ1) is 16.2. The predicted octanol–water partition coefficient (Wildman–Crippen LogP) is 4.47. The fourth-order valence-corrected chi connectivity index (χ4v) is 2.96. The van der Waals surface area contributed by atoms with Crippen molar-refractivity contribution in [3.8, 4) is 11.5 Å². The van der Waals surface area contributed by atoms with Crippen molar-refractivity contribution in [3.05, 3.63) is 23.8 Å². The van der Waals surface area contributed by atoms with Crippen LogP contribution in [0, 0.1) is 0 Å². The van der Waals surface area contributed by atoms with Crippen LogP contribution < -0.4 is 14.8 Å². The number of hydrogen-bond donors (Lipinski definition) is 1. The van der Waals surface area contributed by atoms with Gasteiger partial charge in [-0.3, -0.25) is 0 Å². The van der Waals surface area contributed by atoms with Gasteiger partial charge in [0.05, 0.1) is 7.11 Å². The van der Waals surface area contributed by atoms with Crippen LogP contribution in [-0.2, 0) is 0 Å². The number of rotatable bonds is 8. The van der Waals surface area contributed by atoms with Gasteiger partial charge in [-0.1, -0.05) is 32.8 Å². The summed E-state index contributed by atoms with van der Waals surface area (Å²) in [6.07, 6.45) is 7.50. The summed E-state index contributed by atoms with van der Waals surface area (Å²) in [5, 5.41) is 3.66. The highest BCUT2D eigenvalue weighted by molar-refractivity contribution is 5.44. The smallest absolute Gasteiger partial charge is 0.128 e. The first-order valence-corrected chi connectivity index (χ1v) is 8.36. The molecule has 0 radical (unpaired) electrons. The molecule has 0 spiro atoms. The van der Waals surface area contributed by atoms with Gasteiger partial charge in [0.2, 0.25) is 0 Å². The number of methoxy groups -OCH3 is 1. The van der Waals surface area contributed by atoms with Crippen LogP contribution in [0.15, 0.2) is 18.2 Å². The van der Waals surface area contributed by atoms with Gasteiger partial charge in [-0.2, -0.15) is 0 Å². The number of hydrogen-bond acceptors (Lipinski definition) is 3. The fourth-order valence-electron chi connectivity index (χ4n) is 2.96. The summed E-state index contributed by atoms with van der Waals surface area (Å²) in [4.78, 5) is 0. The third-order valence-electron chi connectivity index (χ3n) is 4.16. The van der Waals surface area contributed by atoms with Crippen molar-refractivity contribution < 1.29 is 9.47 Å². The zero-order chi connectivity index (χ0) is 15.1. The zero-order valence-electron chi connectivity index (χ0n) is 13.7. The second-order valence-electron chi connectivity index (χ2n) is 5.88.